The van der Waals surface area contributed by atoms with E-state index in [0.717, 1.165) is 16.7 Å². The van der Waals surface area contributed by atoms with E-state index in [1.54, 1.807) is 0 Å². The number of rotatable bonds is 2. The van der Waals surface area contributed by atoms with Gasteiger partial charge in [-0.25, -0.2) is 14.2 Å². The summed E-state index contributed by atoms with van der Waals surface area (Å²) in [6.45, 7) is 0. The van der Waals surface area contributed by atoms with Gasteiger partial charge in [-0.1, -0.05) is 0 Å². The number of aromatic carboxylic acids is 1. The summed E-state index contributed by atoms with van der Waals surface area (Å²) in [6.07, 6.45) is 1.35. The molecule has 2 rings (SSSR count). The maximum atomic E-state index is 12.9. The van der Waals surface area contributed by atoms with Crippen molar-refractivity contribution in [2.75, 3.05) is 0 Å². The lowest BCUT2D eigenvalue weighted by atomic mass is 10.3. The molecule has 15 heavy (non-hydrogen) atoms. The van der Waals surface area contributed by atoms with Crippen LogP contribution in [-0.4, -0.2) is 26.7 Å². The number of halogens is 1. The van der Waals surface area contributed by atoms with E-state index in [4.69, 9.17) is 5.11 Å². The Hall–Kier alpha value is -2.24. The van der Waals surface area contributed by atoms with Crippen molar-refractivity contribution >= 4 is 17.9 Å². The van der Waals surface area contributed by atoms with Gasteiger partial charge in [0.05, 0.1) is 0 Å². The average Bonchev–Trinajstić information content (AvgIpc) is 2.55. The number of hydrogen-bond acceptors (Lipinski definition) is 3. The number of carbonyl (C=O) groups is 2. The summed E-state index contributed by atoms with van der Waals surface area (Å²) in [4.78, 5) is 25.1. The van der Waals surface area contributed by atoms with Crippen LogP contribution in [0.2, 0.25) is 0 Å². The molecule has 2 aromatic rings. The molecule has 0 amide bonds. The van der Waals surface area contributed by atoms with E-state index in [1.165, 1.54) is 6.07 Å². The van der Waals surface area contributed by atoms with Crippen molar-refractivity contribution in [2.24, 2.45) is 0 Å². The van der Waals surface area contributed by atoms with E-state index in [1.807, 2.05) is 0 Å². The fourth-order valence-electron chi connectivity index (χ4n) is 1.31. The summed E-state index contributed by atoms with van der Waals surface area (Å²) in [6, 6.07) is 2.44. The first-order chi connectivity index (χ1) is 7.13. The van der Waals surface area contributed by atoms with Crippen LogP contribution in [-0.2, 0) is 0 Å². The maximum Gasteiger partial charge on any atom is 0.356 e. The Labute approximate surface area is 82.8 Å². The summed E-state index contributed by atoms with van der Waals surface area (Å²) in [7, 11) is 0. The Kier molecular flexibility index (Phi) is 1.96. The van der Waals surface area contributed by atoms with Crippen molar-refractivity contribution in [3.8, 4) is 0 Å². The zero-order chi connectivity index (χ0) is 11.0. The van der Waals surface area contributed by atoms with Gasteiger partial charge < -0.3 is 5.11 Å². The third kappa shape index (κ3) is 1.35. The minimum atomic E-state index is -1.32. The number of aldehydes is 1. The minimum Gasteiger partial charge on any atom is -0.476 e. The second-order valence-corrected chi connectivity index (χ2v) is 2.84. The van der Waals surface area contributed by atoms with Gasteiger partial charge in [-0.15, -0.1) is 0 Å². The van der Waals surface area contributed by atoms with E-state index in [2.05, 4.69) is 4.98 Å². The fourth-order valence-corrected chi connectivity index (χ4v) is 1.31. The van der Waals surface area contributed by atoms with Gasteiger partial charge in [0.15, 0.2) is 12.0 Å². The van der Waals surface area contributed by atoms with Crippen LogP contribution in [0.3, 0.4) is 0 Å². The van der Waals surface area contributed by atoms with Crippen molar-refractivity contribution < 1.29 is 19.1 Å². The van der Waals surface area contributed by atoms with Crippen LogP contribution in [0.5, 0.6) is 0 Å². The van der Waals surface area contributed by atoms with E-state index in [9.17, 15) is 14.0 Å². The molecule has 0 spiro atoms. The molecule has 0 saturated carbocycles. The number of carbonyl (C=O) groups excluding carboxylic acids is 1. The summed E-state index contributed by atoms with van der Waals surface area (Å²) >= 11 is 0. The first kappa shape index (κ1) is 9.32. The van der Waals surface area contributed by atoms with Crippen molar-refractivity contribution in [3.63, 3.8) is 0 Å². The number of carboxylic acid groups (broad SMARTS) is 1. The molecule has 0 bridgehead atoms. The molecule has 2 heterocycles. The van der Waals surface area contributed by atoms with Crippen LogP contribution in [0.25, 0.3) is 5.65 Å². The summed E-state index contributed by atoms with van der Waals surface area (Å²) in [5, 5.41) is 8.74. The standard InChI is InChI=1S/C9H5FN2O3/c10-5-1-2-7-11-8(9(14)15)6(4-13)12(7)3-5/h1-4H,(H,14,15). The molecule has 76 valence electrons. The molecule has 0 radical (unpaired) electrons. The van der Waals surface area contributed by atoms with Crippen LogP contribution in [0.1, 0.15) is 21.0 Å². The predicted octanol–water partition coefficient (Wildman–Crippen LogP) is 0.984. The fraction of sp³-hybridized carbons (Fsp3) is 0. The predicted molar refractivity (Wildman–Crippen MR) is 47.5 cm³/mol. The van der Waals surface area contributed by atoms with Crippen LogP contribution >= 0.6 is 0 Å². The zero-order valence-corrected chi connectivity index (χ0v) is 7.35. The van der Waals surface area contributed by atoms with Gasteiger partial charge in [0, 0.05) is 6.20 Å². The lowest BCUT2D eigenvalue weighted by Gasteiger charge is -1.94. The number of pyridine rings is 1. The number of carboxylic acids is 1. The maximum absolute atomic E-state index is 12.9. The molecule has 6 heteroatoms. The molecular weight excluding hydrogens is 203 g/mol. The topological polar surface area (TPSA) is 71.7 Å². The summed E-state index contributed by atoms with van der Waals surface area (Å²) in [5.74, 6) is -1.89. The molecule has 0 saturated heterocycles. The van der Waals surface area contributed by atoms with E-state index >= 15 is 0 Å². The van der Waals surface area contributed by atoms with Crippen LogP contribution in [0, 0.1) is 5.82 Å². The average molecular weight is 208 g/mol. The van der Waals surface area contributed by atoms with Crippen molar-refractivity contribution in [1.29, 1.82) is 0 Å². The SMILES string of the molecule is O=Cc1c(C(=O)O)nc2ccc(F)cn12. The number of aromatic nitrogens is 2. The molecular formula is C9H5FN2O3. The Bertz CT molecular complexity index is 562. The zero-order valence-electron chi connectivity index (χ0n) is 7.35. The molecule has 0 aliphatic rings. The van der Waals surface area contributed by atoms with E-state index < -0.39 is 11.8 Å². The third-order valence-corrected chi connectivity index (χ3v) is 1.93. The summed E-state index contributed by atoms with van der Waals surface area (Å²) < 4.78 is 14.0. The molecule has 0 aliphatic carbocycles. The number of imidazole rings is 1. The molecule has 0 atom stereocenters. The third-order valence-electron chi connectivity index (χ3n) is 1.93. The smallest absolute Gasteiger partial charge is 0.356 e. The highest BCUT2D eigenvalue weighted by Gasteiger charge is 2.17. The Balaban J connectivity index is 2.85. The van der Waals surface area contributed by atoms with Crippen LogP contribution in [0.4, 0.5) is 4.39 Å². The van der Waals surface area contributed by atoms with Gasteiger partial charge >= 0.3 is 5.97 Å². The molecule has 0 fully saturated rings. The first-order valence-corrected chi connectivity index (χ1v) is 3.99. The monoisotopic (exact) mass is 208 g/mol. The quantitative estimate of drug-likeness (QED) is 0.747. The van der Waals surface area contributed by atoms with Crippen molar-refractivity contribution in [2.45, 2.75) is 0 Å². The lowest BCUT2D eigenvalue weighted by Crippen LogP contribution is -2.02. The Morgan fingerprint density at radius 3 is 2.87 bits per heavy atom. The number of hydrogen-bond donors (Lipinski definition) is 1. The van der Waals surface area contributed by atoms with E-state index in [-0.39, 0.29) is 17.0 Å². The highest BCUT2D eigenvalue weighted by atomic mass is 19.1. The molecule has 0 aromatic carbocycles. The van der Waals surface area contributed by atoms with Crippen LogP contribution in [0.15, 0.2) is 18.3 Å². The molecule has 0 aliphatic heterocycles. The Morgan fingerprint density at radius 2 is 2.27 bits per heavy atom. The van der Waals surface area contributed by atoms with Crippen LogP contribution < -0.4 is 0 Å². The molecule has 0 unspecified atom stereocenters. The Morgan fingerprint density at radius 1 is 1.53 bits per heavy atom. The second-order valence-electron chi connectivity index (χ2n) is 2.84. The second kappa shape index (κ2) is 3.16. The van der Waals surface area contributed by atoms with Gasteiger partial charge in [0.2, 0.25) is 0 Å². The normalized spacial score (nSPS) is 10.5. The molecule has 2 aromatic heterocycles. The number of fused-ring (bicyclic) bond motifs is 1. The molecule has 5 nitrogen and oxygen atoms in total. The summed E-state index contributed by atoms with van der Waals surface area (Å²) in [5.41, 5.74) is -0.330. The van der Waals surface area contributed by atoms with Gasteiger partial charge in [0.1, 0.15) is 17.2 Å². The first-order valence-electron chi connectivity index (χ1n) is 3.99. The number of nitrogens with zero attached hydrogens (tertiary/aromatic N) is 2. The lowest BCUT2D eigenvalue weighted by molar-refractivity contribution is 0.0688. The van der Waals surface area contributed by atoms with Gasteiger partial charge in [-0.05, 0) is 12.1 Å². The molecule has 1 N–H and O–H groups in total. The van der Waals surface area contributed by atoms with Gasteiger partial charge in [0.25, 0.3) is 0 Å². The highest BCUT2D eigenvalue weighted by Crippen LogP contribution is 2.12. The van der Waals surface area contributed by atoms with Gasteiger partial charge in [-0.3, -0.25) is 9.20 Å². The van der Waals surface area contributed by atoms with Gasteiger partial charge in [-0.2, -0.15) is 0 Å². The van der Waals surface area contributed by atoms with E-state index in [0.29, 0.717) is 6.29 Å². The minimum absolute atomic E-state index is 0.169. The highest BCUT2D eigenvalue weighted by molar-refractivity contribution is 5.95. The van der Waals surface area contributed by atoms with Crippen molar-refractivity contribution in [3.05, 3.63) is 35.5 Å². The van der Waals surface area contributed by atoms with Crippen molar-refractivity contribution in [1.82, 2.24) is 9.38 Å². The largest absolute Gasteiger partial charge is 0.476 e.